The lowest BCUT2D eigenvalue weighted by atomic mass is 10.2. The number of halogens is 1. The molecule has 0 N–H and O–H groups in total. The Morgan fingerprint density at radius 1 is 1.35 bits per heavy atom. The van der Waals surface area contributed by atoms with E-state index in [4.69, 9.17) is 11.6 Å². The van der Waals surface area contributed by atoms with Crippen molar-refractivity contribution in [1.82, 2.24) is 4.98 Å². The van der Waals surface area contributed by atoms with Gasteiger partial charge in [0, 0.05) is 24.0 Å². The predicted octanol–water partition coefficient (Wildman–Crippen LogP) is 3.40. The molecule has 1 aromatic heterocycles. The van der Waals surface area contributed by atoms with E-state index in [-0.39, 0.29) is 5.91 Å². The van der Waals surface area contributed by atoms with E-state index in [1.165, 1.54) is 0 Å². The lowest BCUT2D eigenvalue weighted by molar-refractivity contribution is -0.117. The molecule has 104 valence electrons. The van der Waals surface area contributed by atoms with Gasteiger partial charge in [-0.3, -0.25) is 4.79 Å². The summed E-state index contributed by atoms with van der Waals surface area (Å²) >= 11 is 7.39. The van der Waals surface area contributed by atoms with Crippen molar-refractivity contribution in [2.75, 3.05) is 11.4 Å². The molecule has 2 heterocycles. The van der Waals surface area contributed by atoms with Crippen molar-refractivity contribution in [2.45, 2.75) is 25.1 Å². The Labute approximate surface area is 127 Å². The van der Waals surface area contributed by atoms with Gasteiger partial charge in [0.15, 0.2) is 0 Å². The van der Waals surface area contributed by atoms with Gasteiger partial charge < -0.3 is 4.90 Å². The average Bonchev–Trinajstić information content (AvgIpc) is 3.04. The molecule has 0 saturated carbocycles. The highest BCUT2D eigenvalue weighted by molar-refractivity contribution is 7.09. The first-order valence-corrected chi connectivity index (χ1v) is 8.07. The summed E-state index contributed by atoms with van der Waals surface area (Å²) in [5.74, 6) is 0.667. The Morgan fingerprint density at radius 3 is 3.00 bits per heavy atom. The van der Waals surface area contributed by atoms with Gasteiger partial charge in [0.2, 0.25) is 5.91 Å². The van der Waals surface area contributed by atoms with Gasteiger partial charge in [0.25, 0.3) is 0 Å². The molecular formula is C15H15ClN2OS. The van der Waals surface area contributed by atoms with E-state index in [0.29, 0.717) is 12.3 Å². The van der Waals surface area contributed by atoms with E-state index < -0.39 is 0 Å². The molecule has 1 aromatic carbocycles. The van der Waals surface area contributed by atoms with Crippen LogP contribution >= 0.6 is 22.9 Å². The third-order valence-corrected chi connectivity index (χ3v) is 4.66. The predicted molar refractivity (Wildman–Crippen MR) is 82.5 cm³/mol. The van der Waals surface area contributed by atoms with Crippen LogP contribution in [0.5, 0.6) is 0 Å². The lowest BCUT2D eigenvalue weighted by Gasteiger charge is -2.16. The number of para-hydroxylation sites is 1. The molecule has 20 heavy (non-hydrogen) atoms. The number of nitrogens with zero attached hydrogens (tertiary/aromatic N) is 2. The third kappa shape index (κ3) is 2.72. The number of hydrogen-bond acceptors (Lipinski definition) is 3. The molecule has 0 spiro atoms. The van der Waals surface area contributed by atoms with Crippen LogP contribution in [0.1, 0.15) is 22.7 Å². The highest BCUT2D eigenvalue weighted by Gasteiger charge is 2.25. The summed E-state index contributed by atoms with van der Waals surface area (Å²) in [6.45, 7) is 0.756. The number of anilines is 1. The highest BCUT2D eigenvalue weighted by Crippen LogP contribution is 2.28. The molecule has 0 saturated heterocycles. The zero-order valence-electron chi connectivity index (χ0n) is 11.0. The van der Waals surface area contributed by atoms with Crippen molar-refractivity contribution in [3.8, 4) is 0 Å². The molecule has 3 nitrogen and oxygen atoms in total. The summed E-state index contributed by atoms with van der Waals surface area (Å²) in [4.78, 5) is 18.4. The summed E-state index contributed by atoms with van der Waals surface area (Å²) < 4.78 is 0. The van der Waals surface area contributed by atoms with Gasteiger partial charge in [-0.15, -0.1) is 22.9 Å². The topological polar surface area (TPSA) is 33.2 Å². The first-order chi connectivity index (χ1) is 9.78. The van der Waals surface area contributed by atoms with E-state index >= 15 is 0 Å². The van der Waals surface area contributed by atoms with Crippen LogP contribution in [0, 0.1) is 0 Å². The van der Waals surface area contributed by atoms with Crippen LogP contribution in [0.4, 0.5) is 5.69 Å². The molecule has 3 rings (SSSR count). The minimum Gasteiger partial charge on any atom is -0.312 e. The summed E-state index contributed by atoms with van der Waals surface area (Å²) in [6, 6.07) is 8.02. The second-order valence-electron chi connectivity index (χ2n) is 4.82. The molecule has 0 bridgehead atoms. The number of alkyl halides is 1. The maximum absolute atomic E-state index is 12.0. The van der Waals surface area contributed by atoms with Crippen molar-refractivity contribution < 1.29 is 4.79 Å². The second kappa shape index (κ2) is 5.94. The van der Waals surface area contributed by atoms with Gasteiger partial charge in [-0.1, -0.05) is 18.2 Å². The Balaban J connectivity index is 1.60. The molecule has 1 amide bonds. The minimum atomic E-state index is 0.201. The molecule has 1 aliphatic rings. The molecule has 0 radical (unpaired) electrons. The zero-order valence-corrected chi connectivity index (χ0v) is 12.6. The average molecular weight is 307 g/mol. The van der Waals surface area contributed by atoms with Crippen LogP contribution in [0.3, 0.4) is 0 Å². The van der Waals surface area contributed by atoms with E-state index in [0.717, 1.165) is 41.3 Å². The van der Waals surface area contributed by atoms with Gasteiger partial charge in [-0.25, -0.2) is 4.98 Å². The maximum atomic E-state index is 12.0. The van der Waals surface area contributed by atoms with Crippen LogP contribution in [0.2, 0.25) is 0 Å². The fourth-order valence-electron chi connectivity index (χ4n) is 2.48. The number of aryl methyl sites for hydroxylation is 1. The molecular weight excluding hydrogens is 292 g/mol. The summed E-state index contributed by atoms with van der Waals surface area (Å²) in [5, 5.41) is 3.10. The number of fused-ring (bicyclic) bond motifs is 1. The van der Waals surface area contributed by atoms with Crippen molar-refractivity contribution >= 4 is 34.5 Å². The largest absolute Gasteiger partial charge is 0.312 e. The Bertz CT molecular complexity index is 626. The number of carbonyl (C=O) groups is 1. The van der Waals surface area contributed by atoms with E-state index in [2.05, 4.69) is 4.98 Å². The summed E-state index contributed by atoms with van der Waals surface area (Å²) in [5.41, 5.74) is 3.14. The number of thiazole rings is 1. The Morgan fingerprint density at radius 2 is 2.20 bits per heavy atom. The van der Waals surface area contributed by atoms with Crippen molar-refractivity contribution in [2.24, 2.45) is 0 Å². The third-order valence-electron chi connectivity index (χ3n) is 3.43. The number of benzene rings is 1. The molecule has 0 aliphatic carbocycles. The number of amides is 1. The molecule has 5 heteroatoms. The normalized spacial score (nSPS) is 13.8. The van der Waals surface area contributed by atoms with Crippen LogP contribution in [-0.2, 0) is 23.5 Å². The van der Waals surface area contributed by atoms with Crippen molar-refractivity contribution in [3.05, 3.63) is 45.9 Å². The SMILES string of the molecule is O=C1Cc2ccccc2N1CCCc1nc(CCl)cs1. The molecule has 0 atom stereocenters. The number of rotatable bonds is 5. The van der Waals surface area contributed by atoms with E-state index in [1.807, 2.05) is 34.5 Å². The van der Waals surface area contributed by atoms with Gasteiger partial charge in [0.1, 0.15) is 0 Å². The van der Waals surface area contributed by atoms with Gasteiger partial charge >= 0.3 is 0 Å². The summed E-state index contributed by atoms with van der Waals surface area (Å²) in [7, 11) is 0. The van der Waals surface area contributed by atoms with Crippen LogP contribution in [-0.4, -0.2) is 17.4 Å². The van der Waals surface area contributed by atoms with Gasteiger partial charge in [-0.05, 0) is 18.1 Å². The monoisotopic (exact) mass is 306 g/mol. The number of hydrogen-bond donors (Lipinski definition) is 0. The standard InChI is InChI=1S/C15H15ClN2OS/c16-9-12-10-20-14(17-12)6-3-7-18-13-5-2-1-4-11(13)8-15(18)19/h1-2,4-5,10H,3,6-9H2. The van der Waals surface area contributed by atoms with Crippen molar-refractivity contribution in [1.29, 1.82) is 0 Å². The number of aromatic nitrogens is 1. The van der Waals surface area contributed by atoms with E-state index in [1.54, 1.807) is 11.3 Å². The molecule has 0 unspecified atom stereocenters. The van der Waals surface area contributed by atoms with Crippen molar-refractivity contribution in [3.63, 3.8) is 0 Å². The lowest BCUT2D eigenvalue weighted by Crippen LogP contribution is -2.28. The fraction of sp³-hybridized carbons (Fsp3) is 0.333. The fourth-order valence-corrected chi connectivity index (χ4v) is 3.54. The maximum Gasteiger partial charge on any atom is 0.231 e. The van der Waals surface area contributed by atoms with Gasteiger partial charge in [-0.2, -0.15) is 0 Å². The zero-order chi connectivity index (χ0) is 13.9. The molecule has 1 aliphatic heterocycles. The quantitative estimate of drug-likeness (QED) is 0.793. The minimum absolute atomic E-state index is 0.201. The first-order valence-electron chi connectivity index (χ1n) is 6.65. The van der Waals surface area contributed by atoms with Crippen LogP contribution < -0.4 is 4.90 Å². The summed E-state index contributed by atoms with van der Waals surface area (Å²) in [6.07, 6.45) is 2.35. The van der Waals surface area contributed by atoms with Gasteiger partial charge in [0.05, 0.1) is 23.0 Å². The molecule has 2 aromatic rings. The Hall–Kier alpha value is -1.39. The highest BCUT2D eigenvalue weighted by atomic mass is 35.5. The molecule has 0 fully saturated rings. The van der Waals surface area contributed by atoms with Crippen LogP contribution in [0.15, 0.2) is 29.6 Å². The van der Waals surface area contributed by atoms with Crippen LogP contribution in [0.25, 0.3) is 0 Å². The Kier molecular flexibility index (Phi) is 4.03. The van der Waals surface area contributed by atoms with E-state index in [9.17, 15) is 4.79 Å². The second-order valence-corrected chi connectivity index (χ2v) is 6.03. The smallest absolute Gasteiger partial charge is 0.231 e. The number of carbonyl (C=O) groups excluding carboxylic acids is 1. The first kappa shape index (κ1) is 13.6.